The first-order valence-electron chi connectivity index (χ1n) is 10.1. The van der Waals surface area contributed by atoms with Gasteiger partial charge in [-0.1, -0.05) is 28.8 Å². The number of benzene rings is 1. The zero-order chi connectivity index (χ0) is 20.4. The number of carbonyl (C=O) groups is 2. The number of rotatable bonds is 4. The molecule has 29 heavy (non-hydrogen) atoms. The van der Waals surface area contributed by atoms with Gasteiger partial charge in [-0.15, -0.1) is 0 Å². The number of furan rings is 1. The molecule has 0 saturated heterocycles. The fraction of sp³-hybridized carbons (Fsp3) is 0.409. The highest BCUT2D eigenvalue weighted by atomic mass is 79.9. The van der Waals surface area contributed by atoms with E-state index in [4.69, 9.17) is 4.42 Å². The minimum atomic E-state index is -0.266. The van der Waals surface area contributed by atoms with E-state index in [1.54, 1.807) is 12.1 Å². The van der Waals surface area contributed by atoms with E-state index in [-0.39, 0.29) is 17.9 Å². The van der Waals surface area contributed by atoms with E-state index in [1.807, 2.05) is 19.1 Å². The van der Waals surface area contributed by atoms with Crippen LogP contribution in [0.25, 0.3) is 0 Å². The Bertz CT molecular complexity index is 956. The highest BCUT2D eigenvalue weighted by molar-refractivity contribution is 9.10. The minimum absolute atomic E-state index is 0.151. The van der Waals surface area contributed by atoms with Gasteiger partial charge in [0.1, 0.15) is 5.76 Å². The zero-order valence-electron chi connectivity index (χ0n) is 16.4. The molecular weight excluding hydrogens is 434 g/mol. The second-order valence-electron chi connectivity index (χ2n) is 7.67. The molecular formula is C22H24BrN3O3. The molecule has 152 valence electrons. The van der Waals surface area contributed by atoms with Gasteiger partial charge in [0, 0.05) is 33.6 Å². The number of hydrogen-bond acceptors (Lipinski definition) is 4. The molecule has 1 fully saturated rings. The van der Waals surface area contributed by atoms with E-state index >= 15 is 0 Å². The Balaban J connectivity index is 1.53. The van der Waals surface area contributed by atoms with Gasteiger partial charge in [-0.05, 0) is 56.9 Å². The van der Waals surface area contributed by atoms with Gasteiger partial charge in [-0.2, -0.15) is 5.10 Å². The molecule has 7 heteroatoms. The SMILES string of the molecule is Cc1c(C(=O)NC2CCCC2)oc2c1/C(=N/NC(=O)c1ccc(Br)cc1)CCC2. The summed E-state index contributed by atoms with van der Waals surface area (Å²) in [5, 5.41) is 7.46. The highest BCUT2D eigenvalue weighted by Gasteiger charge is 2.29. The van der Waals surface area contributed by atoms with Crippen LogP contribution in [-0.2, 0) is 6.42 Å². The van der Waals surface area contributed by atoms with Crippen LogP contribution in [0.1, 0.15) is 76.3 Å². The Morgan fingerprint density at radius 3 is 2.52 bits per heavy atom. The van der Waals surface area contributed by atoms with Crippen molar-refractivity contribution in [2.75, 3.05) is 0 Å². The van der Waals surface area contributed by atoms with Crippen LogP contribution in [-0.4, -0.2) is 23.6 Å². The van der Waals surface area contributed by atoms with Crippen LogP contribution in [0.5, 0.6) is 0 Å². The Kier molecular flexibility index (Phi) is 5.85. The van der Waals surface area contributed by atoms with Crippen LogP contribution in [0.3, 0.4) is 0 Å². The van der Waals surface area contributed by atoms with Crippen molar-refractivity contribution in [1.82, 2.24) is 10.7 Å². The van der Waals surface area contributed by atoms with Gasteiger partial charge < -0.3 is 9.73 Å². The van der Waals surface area contributed by atoms with Gasteiger partial charge >= 0.3 is 0 Å². The van der Waals surface area contributed by atoms with Crippen molar-refractivity contribution in [3.8, 4) is 0 Å². The third-order valence-corrected chi connectivity index (χ3v) is 6.15. The molecule has 0 unspecified atom stereocenters. The predicted molar refractivity (Wildman–Crippen MR) is 114 cm³/mol. The van der Waals surface area contributed by atoms with E-state index in [0.29, 0.717) is 11.3 Å². The minimum Gasteiger partial charge on any atom is -0.455 e. The number of carbonyl (C=O) groups excluding carboxylic acids is 2. The third-order valence-electron chi connectivity index (χ3n) is 5.62. The lowest BCUT2D eigenvalue weighted by molar-refractivity contribution is 0.0906. The largest absolute Gasteiger partial charge is 0.455 e. The Morgan fingerprint density at radius 2 is 1.79 bits per heavy atom. The number of amides is 2. The number of hydrazone groups is 1. The van der Waals surface area contributed by atoms with Gasteiger partial charge in [-0.25, -0.2) is 5.43 Å². The van der Waals surface area contributed by atoms with Crippen molar-refractivity contribution in [3.05, 3.63) is 56.9 Å². The molecule has 4 rings (SSSR count). The Morgan fingerprint density at radius 1 is 1.07 bits per heavy atom. The van der Waals surface area contributed by atoms with Gasteiger partial charge in [-0.3, -0.25) is 9.59 Å². The maximum atomic E-state index is 12.7. The summed E-state index contributed by atoms with van der Waals surface area (Å²) in [7, 11) is 0. The summed E-state index contributed by atoms with van der Waals surface area (Å²) in [5.74, 6) is 0.734. The predicted octanol–water partition coefficient (Wildman–Crippen LogP) is 4.49. The summed E-state index contributed by atoms with van der Waals surface area (Å²) in [6.07, 6.45) is 6.75. The fourth-order valence-electron chi connectivity index (χ4n) is 4.10. The quantitative estimate of drug-likeness (QED) is 0.663. The van der Waals surface area contributed by atoms with Crippen molar-refractivity contribution < 1.29 is 14.0 Å². The molecule has 2 aliphatic rings. The summed E-state index contributed by atoms with van der Waals surface area (Å²) in [5.41, 5.74) is 5.61. The van der Waals surface area contributed by atoms with E-state index < -0.39 is 0 Å². The summed E-state index contributed by atoms with van der Waals surface area (Å²) in [4.78, 5) is 25.1. The van der Waals surface area contributed by atoms with Crippen LogP contribution in [0, 0.1) is 6.92 Å². The molecule has 2 aromatic rings. The number of halogens is 1. The number of aryl methyl sites for hydroxylation is 1. The van der Waals surface area contributed by atoms with Crippen LogP contribution in [0.15, 0.2) is 38.3 Å². The second kappa shape index (κ2) is 8.53. The Hall–Kier alpha value is -2.41. The third kappa shape index (κ3) is 4.29. The van der Waals surface area contributed by atoms with Crippen molar-refractivity contribution >= 4 is 33.5 Å². The van der Waals surface area contributed by atoms with Crippen LogP contribution in [0.2, 0.25) is 0 Å². The van der Waals surface area contributed by atoms with E-state index in [2.05, 4.69) is 31.8 Å². The lowest BCUT2D eigenvalue weighted by Gasteiger charge is -2.13. The normalized spacial score (nSPS) is 17.9. The van der Waals surface area contributed by atoms with Crippen molar-refractivity contribution in [3.63, 3.8) is 0 Å². The molecule has 6 nitrogen and oxygen atoms in total. The second-order valence-corrected chi connectivity index (χ2v) is 8.58. The van der Waals surface area contributed by atoms with E-state index in [1.165, 1.54) is 0 Å². The maximum Gasteiger partial charge on any atom is 0.287 e. The number of fused-ring (bicyclic) bond motifs is 1. The van der Waals surface area contributed by atoms with Gasteiger partial charge in [0.05, 0.1) is 5.71 Å². The molecule has 0 aliphatic heterocycles. The lowest BCUT2D eigenvalue weighted by Crippen LogP contribution is -2.32. The van der Waals surface area contributed by atoms with Gasteiger partial charge in [0.2, 0.25) is 0 Å². The molecule has 1 aromatic carbocycles. The average Bonchev–Trinajstić information content (AvgIpc) is 3.35. The molecule has 0 radical (unpaired) electrons. The topological polar surface area (TPSA) is 83.7 Å². The number of nitrogens with one attached hydrogen (secondary N) is 2. The van der Waals surface area contributed by atoms with Crippen LogP contribution in [0.4, 0.5) is 0 Å². The van der Waals surface area contributed by atoms with Crippen molar-refractivity contribution in [2.45, 2.75) is 57.9 Å². The molecule has 1 saturated carbocycles. The molecule has 2 N–H and O–H groups in total. The van der Waals surface area contributed by atoms with E-state index in [0.717, 1.165) is 72.0 Å². The Labute approximate surface area is 178 Å². The number of hydrogen-bond donors (Lipinski definition) is 2. The average molecular weight is 458 g/mol. The first kappa shape index (κ1) is 19.9. The summed E-state index contributed by atoms with van der Waals surface area (Å²) in [6.45, 7) is 1.89. The smallest absolute Gasteiger partial charge is 0.287 e. The van der Waals surface area contributed by atoms with Gasteiger partial charge in [0.15, 0.2) is 5.76 Å². The molecule has 2 aliphatic carbocycles. The van der Waals surface area contributed by atoms with Gasteiger partial charge in [0.25, 0.3) is 11.8 Å². The monoisotopic (exact) mass is 457 g/mol. The molecule has 2 amide bonds. The summed E-state index contributed by atoms with van der Waals surface area (Å²) >= 11 is 3.36. The molecule has 0 atom stereocenters. The van der Waals surface area contributed by atoms with Crippen molar-refractivity contribution in [1.29, 1.82) is 0 Å². The van der Waals surface area contributed by atoms with Crippen LogP contribution >= 0.6 is 15.9 Å². The fourth-order valence-corrected chi connectivity index (χ4v) is 4.37. The summed E-state index contributed by atoms with van der Waals surface area (Å²) in [6, 6.07) is 7.34. The first-order valence-corrected chi connectivity index (χ1v) is 10.9. The molecule has 1 aromatic heterocycles. The van der Waals surface area contributed by atoms with Crippen molar-refractivity contribution in [2.24, 2.45) is 5.10 Å². The van der Waals surface area contributed by atoms with Crippen LogP contribution < -0.4 is 10.7 Å². The lowest BCUT2D eigenvalue weighted by atomic mass is 9.93. The maximum absolute atomic E-state index is 12.7. The standard InChI is InChI=1S/C22H24BrN3O3/c1-13-19-17(25-26-21(27)14-9-11-15(23)12-10-14)7-4-8-18(19)29-20(13)22(28)24-16-5-2-3-6-16/h9-12,16H,2-8H2,1H3,(H,24,28)(H,26,27)/b25-17+. The first-order chi connectivity index (χ1) is 14.0. The van der Waals surface area contributed by atoms with E-state index in [9.17, 15) is 9.59 Å². The number of nitrogens with zero attached hydrogens (tertiary/aromatic N) is 1. The summed E-state index contributed by atoms with van der Waals surface area (Å²) < 4.78 is 6.84. The molecule has 1 heterocycles. The highest BCUT2D eigenvalue weighted by Crippen LogP contribution is 2.30. The zero-order valence-corrected chi connectivity index (χ0v) is 18.0. The molecule has 0 bridgehead atoms. The molecule has 0 spiro atoms.